The molecule has 1 rings (SSSR count). The number of ether oxygens (including phenoxy) is 3. The molecule has 0 aromatic heterocycles. The van der Waals surface area contributed by atoms with Crippen molar-refractivity contribution in [1.29, 1.82) is 0 Å². The Kier molecular flexibility index (Phi) is 10.3. The van der Waals surface area contributed by atoms with Crippen molar-refractivity contribution in [2.45, 2.75) is 31.7 Å². The highest BCUT2D eigenvalue weighted by atomic mass is 16.5. The molecule has 114 valence electrons. The minimum Gasteiger partial charge on any atom is -0.395 e. The van der Waals surface area contributed by atoms with Crippen LogP contribution in [0.4, 0.5) is 0 Å². The third kappa shape index (κ3) is 7.84. The number of aliphatic hydroxyl groups excluding tert-OH is 1. The van der Waals surface area contributed by atoms with Crippen LogP contribution in [0.25, 0.3) is 0 Å². The molecule has 1 saturated carbocycles. The summed E-state index contributed by atoms with van der Waals surface area (Å²) in [6.45, 7) is 5.11. The van der Waals surface area contributed by atoms with Crippen molar-refractivity contribution in [2.24, 2.45) is 0 Å². The first-order chi connectivity index (χ1) is 9.38. The average molecular weight is 275 g/mol. The summed E-state index contributed by atoms with van der Waals surface area (Å²) in [5, 5.41) is 9.11. The number of hydrogen-bond donors (Lipinski definition) is 1. The molecule has 0 bridgehead atoms. The summed E-state index contributed by atoms with van der Waals surface area (Å²) in [5.41, 5.74) is 0. The monoisotopic (exact) mass is 275 g/mol. The van der Waals surface area contributed by atoms with E-state index in [1.54, 1.807) is 7.11 Å². The lowest BCUT2D eigenvalue weighted by molar-refractivity contribution is 0.0151. The summed E-state index contributed by atoms with van der Waals surface area (Å²) in [6, 6.07) is 0.647. The largest absolute Gasteiger partial charge is 0.395 e. The van der Waals surface area contributed by atoms with Gasteiger partial charge in [-0.3, -0.25) is 4.90 Å². The molecule has 0 radical (unpaired) electrons. The Hall–Kier alpha value is -0.200. The zero-order chi connectivity index (χ0) is 13.8. The molecule has 0 aromatic rings. The molecule has 0 aromatic carbocycles. The second kappa shape index (κ2) is 11.6. The van der Waals surface area contributed by atoms with Gasteiger partial charge in [-0.1, -0.05) is 12.8 Å². The summed E-state index contributed by atoms with van der Waals surface area (Å²) < 4.78 is 15.8. The van der Waals surface area contributed by atoms with E-state index < -0.39 is 0 Å². The van der Waals surface area contributed by atoms with E-state index in [1.165, 1.54) is 25.7 Å². The van der Waals surface area contributed by atoms with Gasteiger partial charge in [-0.15, -0.1) is 0 Å². The maximum atomic E-state index is 9.11. The maximum absolute atomic E-state index is 9.11. The Bertz CT molecular complexity index is 198. The topological polar surface area (TPSA) is 51.2 Å². The van der Waals surface area contributed by atoms with E-state index in [1.807, 2.05) is 0 Å². The fraction of sp³-hybridized carbons (Fsp3) is 1.00. The highest BCUT2D eigenvalue weighted by molar-refractivity contribution is 4.77. The Morgan fingerprint density at radius 1 is 0.947 bits per heavy atom. The van der Waals surface area contributed by atoms with E-state index in [2.05, 4.69) is 4.90 Å². The van der Waals surface area contributed by atoms with Crippen LogP contribution in [-0.2, 0) is 14.2 Å². The van der Waals surface area contributed by atoms with Gasteiger partial charge < -0.3 is 19.3 Å². The SMILES string of the molecule is COCCOCCOCCN(CCO)C1CCCC1. The van der Waals surface area contributed by atoms with E-state index in [0.717, 1.165) is 13.1 Å². The highest BCUT2D eigenvalue weighted by Crippen LogP contribution is 2.22. The van der Waals surface area contributed by atoms with Crippen LogP contribution >= 0.6 is 0 Å². The minimum atomic E-state index is 0.233. The van der Waals surface area contributed by atoms with Crippen molar-refractivity contribution in [1.82, 2.24) is 4.90 Å². The molecular weight excluding hydrogens is 246 g/mol. The first kappa shape index (κ1) is 16.9. The lowest BCUT2D eigenvalue weighted by Crippen LogP contribution is -2.38. The van der Waals surface area contributed by atoms with Gasteiger partial charge in [0, 0.05) is 26.2 Å². The molecule has 0 spiro atoms. The van der Waals surface area contributed by atoms with Crippen molar-refractivity contribution < 1.29 is 19.3 Å². The summed E-state index contributed by atoms with van der Waals surface area (Å²) in [5.74, 6) is 0. The van der Waals surface area contributed by atoms with Crippen LogP contribution < -0.4 is 0 Å². The average Bonchev–Trinajstić information content (AvgIpc) is 2.94. The number of nitrogens with zero attached hydrogens (tertiary/aromatic N) is 1. The van der Waals surface area contributed by atoms with E-state index in [0.29, 0.717) is 39.1 Å². The van der Waals surface area contributed by atoms with Gasteiger partial charge in [0.15, 0.2) is 0 Å². The smallest absolute Gasteiger partial charge is 0.0701 e. The molecule has 5 heteroatoms. The molecule has 0 heterocycles. The van der Waals surface area contributed by atoms with E-state index in [-0.39, 0.29) is 6.61 Å². The quantitative estimate of drug-likeness (QED) is 0.536. The molecule has 5 nitrogen and oxygen atoms in total. The molecule has 0 atom stereocenters. The Morgan fingerprint density at radius 3 is 2.21 bits per heavy atom. The second-order valence-electron chi connectivity index (χ2n) is 4.92. The Labute approximate surface area is 116 Å². The van der Waals surface area contributed by atoms with Crippen LogP contribution in [0.5, 0.6) is 0 Å². The predicted octanol–water partition coefficient (Wildman–Crippen LogP) is 0.903. The van der Waals surface area contributed by atoms with Gasteiger partial charge in [0.2, 0.25) is 0 Å². The molecule has 0 amide bonds. The molecular formula is C14H29NO4. The lowest BCUT2D eigenvalue weighted by atomic mass is 10.2. The van der Waals surface area contributed by atoms with Gasteiger partial charge in [0.25, 0.3) is 0 Å². The van der Waals surface area contributed by atoms with Crippen molar-refractivity contribution in [3.63, 3.8) is 0 Å². The van der Waals surface area contributed by atoms with Crippen LogP contribution in [0.2, 0.25) is 0 Å². The first-order valence-electron chi connectivity index (χ1n) is 7.38. The number of rotatable bonds is 12. The fourth-order valence-electron chi connectivity index (χ4n) is 2.52. The van der Waals surface area contributed by atoms with Crippen LogP contribution in [0.15, 0.2) is 0 Å². The molecule has 19 heavy (non-hydrogen) atoms. The van der Waals surface area contributed by atoms with Crippen molar-refractivity contribution in [3.8, 4) is 0 Å². The van der Waals surface area contributed by atoms with Gasteiger partial charge in [-0.2, -0.15) is 0 Å². The summed E-state index contributed by atoms with van der Waals surface area (Å²) >= 11 is 0. The minimum absolute atomic E-state index is 0.233. The molecule has 1 fully saturated rings. The van der Waals surface area contributed by atoms with Crippen molar-refractivity contribution >= 4 is 0 Å². The van der Waals surface area contributed by atoms with Crippen LogP contribution in [-0.4, -0.2) is 75.9 Å². The van der Waals surface area contributed by atoms with Crippen molar-refractivity contribution in [2.75, 3.05) is 59.8 Å². The van der Waals surface area contributed by atoms with Crippen LogP contribution in [0.1, 0.15) is 25.7 Å². The molecule has 1 aliphatic carbocycles. The van der Waals surface area contributed by atoms with Crippen molar-refractivity contribution in [3.05, 3.63) is 0 Å². The van der Waals surface area contributed by atoms with E-state index >= 15 is 0 Å². The Morgan fingerprint density at radius 2 is 1.58 bits per heavy atom. The van der Waals surface area contributed by atoms with Crippen LogP contribution in [0.3, 0.4) is 0 Å². The third-order valence-electron chi connectivity index (χ3n) is 3.55. The molecule has 0 saturated heterocycles. The number of methoxy groups -OCH3 is 1. The summed E-state index contributed by atoms with van der Waals surface area (Å²) in [6.07, 6.45) is 5.17. The lowest BCUT2D eigenvalue weighted by Gasteiger charge is -2.27. The zero-order valence-electron chi connectivity index (χ0n) is 12.2. The van der Waals surface area contributed by atoms with Gasteiger partial charge in [0.05, 0.1) is 39.6 Å². The molecule has 0 aliphatic heterocycles. The van der Waals surface area contributed by atoms with E-state index in [9.17, 15) is 0 Å². The summed E-state index contributed by atoms with van der Waals surface area (Å²) in [4.78, 5) is 2.36. The standard InChI is InChI=1S/C14H29NO4/c1-17-10-11-19-13-12-18-9-7-15(6-8-16)14-4-2-3-5-14/h14,16H,2-13H2,1H3. The van der Waals surface area contributed by atoms with Gasteiger partial charge in [-0.25, -0.2) is 0 Å². The number of hydrogen-bond acceptors (Lipinski definition) is 5. The van der Waals surface area contributed by atoms with Gasteiger partial charge >= 0.3 is 0 Å². The predicted molar refractivity (Wildman–Crippen MR) is 74.4 cm³/mol. The zero-order valence-corrected chi connectivity index (χ0v) is 12.2. The van der Waals surface area contributed by atoms with Gasteiger partial charge in [-0.05, 0) is 12.8 Å². The normalized spacial score (nSPS) is 16.6. The highest BCUT2D eigenvalue weighted by Gasteiger charge is 2.21. The molecule has 1 aliphatic rings. The molecule has 1 N–H and O–H groups in total. The number of aliphatic hydroxyl groups is 1. The van der Waals surface area contributed by atoms with Gasteiger partial charge in [0.1, 0.15) is 0 Å². The molecule has 0 unspecified atom stereocenters. The third-order valence-corrected chi connectivity index (χ3v) is 3.55. The van der Waals surface area contributed by atoms with Crippen LogP contribution in [0, 0.1) is 0 Å². The fourth-order valence-corrected chi connectivity index (χ4v) is 2.52. The van der Waals surface area contributed by atoms with E-state index in [4.69, 9.17) is 19.3 Å². The summed E-state index contributed by atoms with van der Waals surface area (Å²) in [7, 11) is 1.67. The Balaban J connectivity index is 1.98. The first-order valence-corrected chi connectivity index (χ1v) is 7.38. The second-order valence-corrected chi connectivity index (χ2v) is 4.92. The maximum Gasteiger partial charge on any atom is 0.0701 e.